The minimum Gasteiger partial charge on any atom is -0.375 e. The predicted molar refractivity (Wildman–Crippen MR) is 81.9 cm³/mol. The van der Waals surface area contributed by atoms with Gasteiger partial charge in [0.15, 0.2) is 12.6 Å². The van der Waals surface area contributed by atoms with Crippen LogP contribution in [0, 0.1) is 5.92 Å². The SMILES string of the molecule is O=CC[C@@H]1OC[C@H](OC2CCCCO2)[C@@H]1COC1CCCCO1. The van der Waals surface area contributed by atoms with Crippen molar-refractivity contribution in [2.75, 3.05) is 26.4 Å². The summed E-state index contributed by atoms with van der Waals surface area (Å²) in [5.74, 6) is 0.0521. The standard InChI is InChI=1S/C17H28O6/c18-8-7-14-13(11-22-16-5-1-3-9-19-16)15(12-21-14)23-17-6-2-4-10-20-17/h8,13-17H,1-7,9-12H2/t13-,14+,15+,16?,17?/m1/s1. The fourth-order valence-corrected chi connectivity index (χ4v) is 3.47. The van der Waals surface area contributed by atoms with Gasteiger partial charge in [0.05, 0.1) is 25.4 Å². The maximum Gasteiger partial charge on any atom is 0.158 e. The van der Waals surface area contributed by atoms with Crippen molar-refractivity contribution >= 4 is 6.29 Å². The van der Waals surface area contributed by atoms with Crippen LogP contribution in [-0.2, 0) is 28.5 Å². The van der Waals surface area contributed by atoms with E-state index in [1.165, 1.54) is 0 Å². The van der Waals surface area contributed by atoms with E-state index in [9.17, 15) is 4.79 Å². The number of carbonyl (C=O) groups excluding carboxylic acids is 1. The Bertz CT molecular complexity index is 351. The van der Waals surface area contributed by atoms with Gasteiger partial charge in [-0.3, -0.25) is 0 Å². The lowest BCUT2D eigenvalue weighted by Crippen LogP contribution is -2.37. The van der Waals surface area contributed by atoms with E-state index in [1.807, 2.05) is 0 Å². The van der Waals surface area contributed by atoms with Crippen LogP contribution in [0.25, 0.3) is 0 Å². The molecule has 3 saturated heterocycles. The normalized spacial score (nSPS) is 38.5. The fraction of sp³-hybridized carbons (Fsp3) is 0.941. The fourth-order valence-electron chi connectivity index (χ4n) is 3.47. The first-order valence-corrected chi connectivity index (χ1v) is 8.92. The van der Waals surface area contributed by atoms with Crippen LogP contribution >= 0.6 is 0 Å². The van der Waals surface area contributed by atoms with E-state index < -0.39 is 0 Å². The summed E-state index contributed by atoms with van der Waals surface area (Å²) in [6.07, 6.45) is 7.12. The minimum atomic E-state index is -0.152. The van der Waals surface area contributed by atoms with Gasteiger partial charge in [0, 0.05) is 25.6 Å². The molecule has 3 heterocycles. The van der Waals surface area contributed by atoms with Gasteiger partial charge < -0.3 is 28.5 Å². The molecule has 0 N–H and O–H groups in total. The topological polar surface area (TPSA) is 63.2 Å². The Labute approximate surface area is 137 Å². The molecule has 6 heteroatoms. The van der Waals surface area contributed by atoms with E-state index in [-0.39, 0.29) is 30.7 Å². The number of rotatable bonds is 7. The third-order valence-corrected chi connectivity index (χ3v) is 4.84. The average Bonchev–Trinajstić information content (AvgIpc) is 2.97. The van der Waals surface area contributed by atoms with Crippen molar-refractivity contribution < 1.29 is 28.5 Å². The first-order chi connectivity index (χ1) is 11.4. The second kappa shape index (κ2) is 9.08. The second-order valence-corrected chi connectivity index (χ2v) is 6.54. The quantitative estimate of drug-likeness (QED) is 0.667. The lowest BCUT2D eigenvalue weighted by molar-refractivity contribution is -0.208. The van der Waals surface area contributed by atoms with E-state index in [4.69, 9.17) is 23.7 Å². The van der Waals surface area contributed by atoms with Gasteiger partial charge in [-0.25, -0.2) is 0 Å². The van der Waals surface area contributed by atoms with Gasteiger partial charge in [-0.05, 0) is 38.5 Å². The molecule has 0 aliphatic carbocycles. The summed E-state index contributed by atoms with van der Waals surface area (Å²) in [6.45, 7) is 2.52. The number of hydrogen-bond donors (Lipinski definition) is 0. The Hall–Kier alpha value is -0.530. The molecule has 23 heavy (non-hydrogen) atoms. The molecule has 0 aromatic heterocycles. The van der Waals surface area contributed by atoms with Crippen LogP contribution in [0.3, 0.4) is 0 Å². The largest absolute Gasteiger partial charge is 0.375 e. The van der Waals surface area contributed by atoms with Gasteiger partial charge in [0.25, 0.3) is 0 Å². The van der Waals surface area contributed by atoms with Gasteiger partial charge in [0.2, 0.25) is 0 Å². The molecule has 0 aromatic carbocycles. The van der Waals surface area contributed by atoms with Crippen LogP contribution in [0.15, 0.2) is 0 Å². The molecular formula is C17H28O6. The molecule has 132 valence electrons. The van der Waals surface area contributed by atoms with Crippen LogP contribution in [0.5, 0.6) is 0 Å². The van der Waals surface area contributed by atoms with Crippen LogP contribution in [0.4, 0.5) is 0 Å². The Morgan fingerprint density at radius 3 is 2.35 bits per heavy atom. The monoisotopic (exact) mass is 328 g/mol. The zero-order valence-electron chi connectivity index (χ0n) is 13.7. The molecule has 3 aliphatic rings. The van der Waals surface area contributed by atoms with Crippen LogP contribution in [0.2, 0.25) is 0 Å². The van der Waals surface area contributed by atoms with Gasteiger partial charge in [0.1, 0.15) is 6.29 Å². The van der Waals surface area contributed by atoms with Crippen molar-refractivity contribution in [1.29, 1.82) is 0 Å². The zero-order chi connectivity index (χ0) is 15.9. The van der Waals surface area contributed by atoms with Gasteiger partial charge in [-0.15, -0.1) is 0 Å². The van der Waals surface area contributed by atoms with Gasteiger partial charge >= 0.3 is 0 Å². The number of ether oxygens (including phenoxy) is 5. The highest BCUT2D eigenvalue weighted by Gasteiger charge is 2.40. The molecule has 3 rings (SSSR count). The second-order valence-electron chi connectivity index (χ2n) is 6.54. The van der Waals surface area contributed by atoms with Crippen LogP contribution in [-0.4, -0.2) is 57.5 Å². The molecule has 0 aromatic rings. The van der Waals surface area contributed by atoms with Gasteiger partial charge in [-0.2, -0.15) is 0 Å². The maximum absolute atomic E-state index is 10.9. The van der Waals surface area contributed by atoms with Crippen LogP contribution in [0.1, 0.15) is 44.9 Å². The summed E-state index contributed by atoms with van der Waals surface area (Å²) in [5, 5.41) is 0. The molecular weight excluding hydrogens is 300 g/mol. The molecule has 3 fully saturated rings. The Balaban J connectivity index is 1.52. The van der Waals surface area contributed by atoms with Crippen molar-refractivity contribution in [1.82, 2.24) is 0 Å². The first-order valence-electron chi connectivity index (χ1n) is 8.92. The Morgan fingerprint density at radius 2 is 1.70 bits per heavy atom. The summed E-state index contributed by atoms with van der Waals surface area (Å²) in [6, 6.07) is 0. The minimum absolute atomic E-state index is 0.0521. The molecule has 0 spiro atoms. The molecule has 0 saturated carbocycles. The lowest BCUT2D eigenvalue weighted by atomic mass is 9.97. The summed E-state index contributed by atoms with van der Waals surface area (Å²) in [4.78, 5) is 10.9. The van der Waals surface area contributed by atoms with E-state index in [0.29, 0.717) is 19.6 Å². The van der Waals surface area contributed by atoms with E-state index in [0.717, 1.165) is 58.0 Å². The third kappa shape index (κ3) is 4.97. The summed E-state index contributed by atoms with van der Waals surface area (Å²) >= 11 is 0. The Kier molecular flexibility index (Phi) is 6.83. The number of aldehydes is 1. The number of hydrogen-bond acceptors (Lipinski definition) is 6. The summed E-state index contributed by atoms with van der Waals surface area (Å²) < 4.78 is 29.1. The third-order valence-electron chi connectivity index (χ3n) is 4.84. The molecule has 0 amide bonds. The van der Waals surface area contributed by atoms with Crippen molar-refractivity contribution in [3.05, 3.63) is 0 Å². The van der Waals surface area contributed by atoms with Gasteiger partial charge in [-0.1, -0.05) is 0 Å². The zero-order valence-corrected chi connectivity index (χ0v) is 13.7. The highest BCUT2D eigenvalue weighted by Crippen LogP contribution is 2.30. The number of carbonyl (C=O) groups is 1. The lowest BCUT2D eigenvalue weighted by Gasteiger charge is -2.30. The summed E-state index contributed by atoms with van der Waals surface area (Å²) in [5.41, 5.74) is 0. The molecule has 3 aliphatic heterocycles. The van der Waals surface area contributed by atoms with Crippen molar-refractivity contribution in [3.8, 4) is 0 Å². The molecule has 0 radical (unpaired) electrons. The maximum atomic E-state index is 10.9. The predicted octanol–water partition coefficient (Wildman–Crippen LogP) is 2.05. The van der Waals surface area contributed by atoms with E-state index in [1.54, 1.807) is 0 Å². The van der Waals surface area contributed by atoms with Crippen molar-refractivity contribution in [2.24, 2.45) is 5.92 Å². The van der Waals surface area contributed by atoms with E-state index >= 15 is 0 Å². The average molecular weight is 328 g/mol. The smallest absolute Gasteiger partial charge is 0.158 e. The molecule has 0 bridgehead atoms. The van der Waals surface area contributed by atoms with Crippen molar-refractivity contribution in [3.63, 3.8) is 0 Å². The highest BCUT2D eigenvalue weighted by molar-refractivity contribution is 5.50. The molecule has 6 nitrogen and oxygen atoms in total. The first kappa shape index (κ1) is 17.3. The summed E-state index contributed by atoms with van der Waals surface area (Å²) in [7, 11) is 0. The van der Waals surface area contributed by atoms with Crippen LogP contribution < -0.4 is 0 Å². The highest BCUT2D eigenvalue weighted by atomic mass is 16.7. The molecule has 2 unspecified atom stereocenters. The Morgan fingerprint density at radius 1 is 0.957 bits per heavy atom. The molecule has 5 atom stereocenters. The van der Waals surface area contributed by atoms with E-state index in [2.05, 4.69) is 0 Å². The van der Waals surface area contributed by atoms with Crippen molar-refractivity contribution in [2.45, 2.75) is 69.7 Å².